The van der Waals surface area contributed by atoms with Crippen LogP contribution >= 0.6 is 11.6 Å². The van der Waals surface area contributed by atoms with Crippen molar-refractivity contribution < 1.29 is 4.74 Å². The van der Waals surface area contributed by atoms with Crippen molar-refractivity contribution in [2.75, 3.05) is 12.4 Å². The van der Waals surface area contributed by atoms with Gasteiger partial charge in [-0.1, -0.05) is 48.0 Å². The summed E-state index contributed by atoms with van der Waals surface area (Å²) in [5.74, 6) is 1.55. The van der Waals surface area contributed by atoms with E-state index in [2.05, 4.69) is 15.3 Å². The monoisotopic (exact) mass is 564 g/mol. The van der Waals surface area contributed by atoms with Gasteiger partial charge in [0.1, 0.15) is 34.8 Å². The molecular weight excluding hydrogens is 540 g/mol. The molecule has 204 valence electrons. The van der Waals surface area contributed by atoms with Gasteiger partial charge in [0.15, 0.2) is 5.43 Å². The standard InChI is InChI=1S/C31H25ClN6O3/c1-19(29-36-24-10-6-9-23(32)26(24)31(40)38(29)21-7-4-3-5-8-21)35-28-27-25(39)15-16-37(30(27)34-18-33-28)17-20-11-13-22(41-2)14-12-20/h3-16,18-19H,17H2,1-2H3,(H,33,34,35)/t19-/m0/s1. The van der Waals surface area contributed by atoms with Crippen LogP contribution in [0.1, 0.15) is 24.4 Å². The van der Waals surface area contributed by atoms with Crippen LogP contribution in [0.2, 0.25) is 5.02 Å². The third kappa shape index (κ3) is 4.92. The second-order valence-electron chi connectivity index (χ2n) is 9.52. The maximum absolute atomic E-state index is 13.8. The molecule has 0 fully saturated rings. The van der Waals surface area contributed by atoms with Crippen molar-refractivity contribution in [2.24, 2.45) is 0 Å². The van der Waals surface area contributed by atoms with Gasteiger partial charge in [-0.05, 0) is 48.9 Å². The van der Waals surface area contributed by atoms with E-state index in [1.807, 2.05) is 66.1 Å². The fourth-order valence-corrected chi connectivity index (χ4v) is 5.14. The van der Waals surface area contributed by atoms with Crippen molar-refractivity contribution in [1.82, 2.24) is 24.1 Å². The zero-order valence-electron chi connectivity index (χ0n) is 22.3. The lowest BCUT2D eigenvalue weighted by atomic mass is 10.2. The maximum Gasteiger partial charge on any atom is 0.267 e. The number of rotatable bonds is 7. The lowest BCUT2D eigenvalue weighted by Crippen LogP contribution is -2.28. The van der Waals surface area contributed by atoms with Crippen LogP contribution in [0, 0.1) is 0 Å². The molecule has 1 N–H and O–H groups in total. The molecule has 0 amide bonds. The second-order valence-corrected chi connectivity index (χ2v) is 9.93. The molecule has 0 saturated carbocycles. The minimum absolute atomic E-state index is 0.222. The van der Waals surface area contributed by atoms with Gasteiger partial charge in [0.25, 0.3) is 5.56 Å². The molecule has 41 heavy (non-hydrogen) atoms. The molecule has 0 spiro atoms. The van der Waals surface area contributed by atoms with E-state index in [9.17, 15) is 9.59 Å². The van der Waals surface area contributed by atoms with Crippen molar-refractivity contribution in [2.45, 2.75) is 19.5 Å². The van der Waals surface area contributed by atoms with Crippen molar-refractivity contribution in [3.05, 3.63) is 128 Å². The largest absolute Gasteiger partial charge is 0.497 e. The Morgan fingerprint density at radius 2 is 1.71 bits per heavy atom. The van der Waals surface area contributed by atoms with Crippen LogP contribution in [-0.2, 0) is 6.54 Å². The quantitative estimate of drug-likeness (QED) is 0.278. The molecule has 0 aliphatic carbocycles. The molecule has 3 heterocycles. The van der Waals surface area contributed by atoms with E-state index in [1.165, 1.54) is 17.0 Å². The van der Waals surface area contributed by atoms with Crippen LogP contribution < -0.4 is 21.0 Å². The fraction of sp³-hybridized carbons (Fsp3) is 0.129. The zero-order chi connectivity index (χ0) is 28.5. The van der Waals surface area contributed by atoms with Crippen LogP contribution in [0.5, 0.6) is 5.75 Å². The number of aromatic nitrogens is 5. The van der Waals surface area contributed by atoms with Gasteiger partial charge in [-0.25, -0.2) is 15.0 Å². The Morgan fingerprint density at radius 3 is 2.46 bits per heavy atom. The van der Waals surface area contributed by atoms with Crippen molar-refractivity contribution in [3.63, 3.8) is 0 Å². The van der Waals surface area contributed by atoms with E-state index in [0.717, 1.165) is 11.3 Å². The highest BCUT2D eigenvalue weighted by atomic mass is 35.5. The third-order valence-corrected chi connectivity index (χ3v) is 7.21. The molecule has 0 aliphatic heterocycles. The summed E-state index contributed by atoms with van der Waals surface area (Å²) in [5, 5.41) is 4.33. The molecule has 0 radical (unpaired) electrons. The Balaban J connectivity index is 1.45. The van der Waals surface area contributed by atoms with E-state index in [4.69, 9.17) is 21.3 Å². The summed E-state index contributed by atoms with van der Waals surface area (Å²) in [4.78, 5) is 40.6. The number of hydrogen-bond donors (Lipinski definition) is 1. The molecule has 0 saturated heterocycles. The molecule has 0 unspecified atom stereocenters. The number of fused-ring (bicyclic) bond motifs is 2. The van der Waals surface area contributed by atoms with E-state index >= 15 is 0 Å². The summed E-state index contributed by atoms with van der Waals surface area (Å²) in [6, 6.07) is 23.1. The number of para-hydroxylation sites is 1. The summed E-state index contributed by atoms with van der Waals surface area (Å²) < 4.78 is 8.69. The van der Waals surface area contributed by atoms with Crippen molar-refractivity contribution in [1.29, 1.82) is 0 Å². The Morgan fingerprint density at radius 1 is 0.927 bits per heavy atom. The first-order valence-corrected chi connectivity index (χ1v) is 13.3. The minimum atomic E-state index is -0.529. The lowest BCUT2D eigenvalue weighted by molar-refractivity contribution is 0.414. The molecule has 6 aromatic rings. The smallest absolute Gasteiger partial charge is 0.267 e. The van der Waals surface area contributed by atoms with Gasteiger partial charge in [-0.15, -0.1) is 0 Å². The number of pyridine rings is 1. The average molecular weight is 565 g/mol. The van der Waals surface area contributed by atoms with Gasteiger partial charge in [-0.2, -0.15) is 0 Å². The number of anilines is 1. The number of methoxy groups -OCH3 is 1. The van der Waals surface area contributed by atoms with Gasteiger partial charge in [0, 0.05) is 18.8 Å². The van der Waals surface area contributed by atoms with Crippen molar-refractivity contribution in [3.8, 4) is 11.4 Å². The van der Waals surface area contributed by atoms with Gasteiger partial charge in [0.05, 0.1) is 34.8 Å². The number of nitrogens with zero attached hydrogens (tertiary/aromatic N) is 5. The van der Waals surface area contributed by atoms with Crippen LogP contribution in [0.3, 0.4) is 0 Å². The first-order chi connectivity index (χ1) is 19.9. The molecule has 3 aromatic carbocycles. The van der Waals surface area contributed by atoms with Crippen LogP contribution in [0.4, 0.5) is 5.82 Å². The Kier molecular flexibility index (Phi) is 6.94. The summed E-state index contributed by atoms with van der Waals surface area (Å²) in [5.41, 5.74) is 2.11. The van der Waals surface area contributed by atoms with Gasteiger partial charge >= 0.3 is 0 Å². The number of hydrogen-bond acceptors (Lipinski definition) is 7. The summed E-state index contributed by atoms with van der Waals surface area (Å²) in [6.07, 6.45) is 3.13. The van der Waals surface area contributed by atoms with Crippen molar-refractivity contribution >= 4 is 39.4 Å². The number of ether oxygens (including phenoxy) is 1. The van der Waals surface area contributed by atoms with Crippen LogP contribution in [-0.4, -0.2) is 31.2 Å². The van der Waals surface area contributed by atoms with E-state index in [1.54, 1.807) is 31.5 Å². The predicted octanol–water partition coefficient (Wildman–Crippen LogP) is 5.37. The molecular formula is C31H25ClN6O3. The minimum Gasteiger partial charge on any atom is -0.497 e. The topological polar surface area (TPSA) is 104 Å². The Labute approximate surface area is 239 Å². The average Bonchev–Trinajstić information content (AvgIpc) is 2.99. The van der Waals surface area contributed by atoms with E-state index < -0.39 is 6.04 Å². The van der Waals surface area contributed by atoms with Gasteiger partial charge in [0.2, 0.25) is 0 Å². The third-order valence-electron chi connectivity index (χ3n) is 6.89. The zero-order valence-corrected chi connectivity index (χ0v) is 23.0. The highest BCUT2D eigenvalue weighted by Gasteiger charge is 2.21. The van der Waals surface area contributed by atoms with E-state index in [0.29, 0.717) is 50.8 Å². The fourth-order valence-electron chi connectivity index (χ4n) is 4.89. The first kappa shape index (κ1) is 26.2. The molecule has 0 aliphatic rings. The highest BCUT2D eigenvalue weighted by Crippen LogP contribution is 2.26. The van der Waals surface area contributed by atoms with E-state index in [-0.39, 0.29) is 11.0 Å². The summed E-state index contributed by atoms with van der Waals surface area (Å²) in [7, 11) is 1.62. The molecule has 10 heteroatoms. The molecule has 6 rings (SSSR count). The number of halogens is 1. The predicted molar refractivity (Wildman–Crippen MR) is 160 cm³/mol. The summed E-state index contributed by atoms with van der Waals surface area (Å²) >= 11 is 6.42. The highest BCUT2D eigenvalue weighted by molar-refractivity contribution is 6.35. The second kappa shape index (κ2) is 10.9. The first-order valence-electron chi connectivity index (χ1n) is 12.9. The molecule has 1 atom stereocenters. The summed E-state index contributed by atoms with van der Waals surface area (Å²) in [6.45, 7) is 2.36. The lowest BCUT2D eigenvalue weighted by Gasteiger charge is -2.21. The normalized spacial score (nSPS) is 12.0. The molecule has 0 bridgehead atoms. The molecule has 3 aromatic heterocycles. The maximum atomic E-state index is 13.8. The SMILES string of the molecule is COc1ccc(Cn2ccc(=O)c3c(N[C@@H](C)c4nc5cccc(Cl)c5c(=O)n4-c4ccccc4)ncnc32)cc1. The molecule has 9 nitrogen and oxygen atoms in total. The Bertz CT molecular complexity index is 2010. The van der Waals surface area contributed by atoms with Gasteiger partial charge < -0.3 is 14.6 Å². The Hall–Kier alpha value is -5.02. The number of benzene rings is 3. The number of nitrogens with one attached hydrogen (secondary N) is 1. The van der Waals surface area contributed by atoms with Crippen LogP contribution in [0.15, 0.2) is 101 Å². The van der Waals surface area contributed by atoms with Gasteiger partial charge in [-0.3, -0.25) is 14.2 Å². The van der Waals surface area contributed by atoms with Crippen LogP contribution in [0.25, 0.3) is 27.6 Å².